The second-order valence-electron chi connectivity index (χ2n) is 4.89. The highest BCUT2D eigenvalue weighted by Crippen LogP contribution is 2.25. The first-order chi connectivity index (χ1) is 6.89. The van der Waals surface area contributed by atoms with Crippen LogP contribution in [0.25, 0.3) is 0 Å². The van der Waals surface area contributed by atoms with Crippen molar-refractivity contribution >= 4 is 13.9 Å². The average molecular weight is 200 g/mol. The molecule has 2 rings (SSSR count). The molecule has 0 saturated carbocycles. The number of nitrogens with zero attached hydrogens (tertiary/aromatic N) is 2. The van der Waals surface area contributed by atoms with E-state index in [1.807, 2.05) is 12.1 Å². The number of carbonyl (C=O) groups is 1. The Hall–Kier alpha value is -1.32. The first kappa shape index (κ1) is 10.2. The third-order valence-corrected chi connectivity index (χ3v) is 2.55. The molecule has 0 atom stereocenters. The molecule has 0 N–H and O–H groups in total. The van der Waals surface area contributed by atoms with E-state index in [9.17, 15) is 4.79 Å². The van der Waals surface area contributed by atoms with Crippen molar-refractivity contribution in [2.45, 2.75) is 32.7 Å². The molecule has 0 fully saturated rings. The fraction of sp³-hybridized carbons (Fsp3) is 0.455. The molecule has 1 aliphatic rings. The Labute approximate surface area is 90.9 Å². The summed E-state index contributed by atoms with van der Waals surface area (Å²) in [6, 6.07) is 3.90. The van der Waals surface area contributed by atoms with Crippen molar-refractivity contribution in [3.63, 3.8) is 0 Å². The number of carbonyl (C=O) groups excluding carboxylic acids is 1. The Balaban J connectivity index is 2.49. The average Bonchev–Trinajstić information content (AvgIpc) is 2.41. The predicted molar refractivity (Wildman–Crippen MR) is 58.6 cm³/mol. The van der Waals surface area contributed by atoms with E-state index in [1.54, 1.807) is 0 Å². The molecule has 0 unspecified atom stereocenters. The maximum absolute atomic E-state index is 11.6. The largest absolute Gasteiger partial charge is 0.387 e. The van der Waals surface area contributed by atoms with Crippen molar-refractivity contribution in [2.75, 3.05) is 0 Å². The third kappa shape index (κ3) is 1.64. The smallest absolute Gasteiger partial charge is 0.260 e. The normalized spacial score (nSPS) is 15.7. The van der Waals surface area contributed by atoms with E-state index in [0.717, 1.165) is 11.3 Å². The number of aromatic nitrogens is 1. The van der Waals surface area contributed by atoms with Crippen LogP contribution in [0.1, 0.15) is 42.5 Å². The van der Waals surface area contributed by atoms with Gasteiger partial charge in [0, 0.05) is 23.2 Å². The summed E-state index contributed by atoms with van der Waals surface area (Å²) in [6.07, 6.45) is 0. The van der Waals surface area contributed by atoms with Gasteiger partial charge in [0.05, 0.1) is 0 Å². The third-order valence-electron chi connectivity index (χ3n) is 2.55. The molecule has 0 spiro atoms. The van der Waals surface area contributed by atoms with E-state index in [4.69, 9.17) is 7.98 Å². The molecule has 4 heteroatoms. The van der Waals surface area contributed by atoms with Gasteiger partial charge in [-0.05, 0) is 6.07 Å². The lowest BCUT2D eigenvalue weighted by atomic mass is 9.91. The fourth-order valence-corrected chi connectivity index (χ4v) is 1.61. The van der Waals surface area contributed by atoms with E-state index in [2.05, 4.69) is 25.8 Å². The van der Waals surface area contributed by atoms with Crippen LogP contribution in [0.5, 0.6) is 0 Å². The molecule has 1 amide bonds. The molecule has 2 radical (unpaired) electrons. The molecule has 1 aromatic heterocycles. The van der Waals surface area contributed by atoms with Crippen molar-refractivity contribution in [1.82, 2.24) is 9.79 Å². The summed E-state index contributed by atoms with van der Waals surface area (Å²) in [4.78, 5) is 17.2. The van der Waals surface area contributed by atoms with Crippen LogP contribution >= 0.6 is 0 Å². The van der Waals surface area contributed by atoms with Crippen LogP contribution in [0.3, 0.4) is 0 Å². The highest BCUT2D eigenvalue weighted by Gasteiger charge is 2.27. The standard InChI is InChI=1S/C11H13BN2O/c1-11(2,3)8-5-4-7-6-14(12)10(15)9(7)13-8/h4-5H,6H2,1-3H3. The minimum atomic E-state index is -0.184. The quantitative estimate of drug-likeness (QED) is 0.593. The summed E-state index contributed by atoms with van der Waals surface area (Å²) in [6.45, 7) is 6.68. The van der Waals surface area contributed by atoms with Crippen molar-refractivity contribution in [3.8, 4) is 0 Å². The number of hydrogen-bond acceptors (Lipinski definition) is 2. The molecular weight excluding hydrogens is 187 g/mol. The zero-order chi connectivity index (χ0) is 11.2. The molecule has 76 valence electrons. The molecule has 0 aromatic carbocycles. The van der Waals surface area contributed by atoms with Crippen molar-refractivity contribution in [1.29, 1.82) is 0 Å². The van der Waals surface area contributed by atoms with Crippen LogP contribution in [0.2, 0.25) is 0 Å². The van der Waals surface area contributed by atoms with Crippen molar-refractivity contribution < 1.29 is 4.79 Å². The van der Waals surface area contributed by atoms with E-state index in [1.165, 1.54) is 4.81 Å². The molecular formula is C11H13BN2O. The lowest BCUT2D eigenvalue weighted by Crippen LogP contribution is -2.21. The van der Waals surface area contributed by atoms with Crippen molar-refractivity contribution in [3.05, 3.63) is 29.1 Å². The molecule has 0 saturated heterocycles. The van der Waals surface area contributed by atoms with Gasteiger partial charge in [0.15, 0.2) is 0 Å². The van der Waals surface area contributed by atoms with Crippen LogP contribution in [-0.2, 0) is 12.0 Å². The maximum Gasteiger partial charge on any atom is 0.260 e. The molecule has 0 aliphatic carbocycles. The van der Waals surface area contributed by atoms with Crippen LogP contribution in [-0.4, -0.2) is 23.7 Å². The number of fused-ring (bicyclic) bond motifs is 1. The van der Waals surface area contributed by atoms with Gasteiger partial charge in [0.2, 0.25) is 7.98 Å². The molecule has 15 heavy (non-hydrogen) atoms. The van der Waals surface area contributed by atoms with Gasteiger partial charge in [-0.25, -0.2) is 4.98 Å². The number of amides is 1. The van der Waals surface area contributed by atoms with Gasteiger partial charge in [0.1, 0.15) is 5.69 Å². The molecule has 3 nitrogen and oxygen atoms in total. The van der Waals surface area contributed by atoms with Gasteiger partial charge in [-0.2, -0.15) is 0 Å². The van der Waals surface area contributed by atoms with Crippen LogP contribution in [0, 0.1) is 0 Å². The maximum atomic E-state index is 11.6. The molecule has 1 aliphatic heterocycles. The molecule has 1 aromatic rings. The van der Waals surface area contributed by atoms with Crippen LogP contribution in [0.15, 0.2) is 12.1 Å². The number of pyridine rings is 1. The summed E-state index contributed by atoms with van der Waals surface area (Å²) in [5, 5.41) is 0. The zero-order valence-corrected chi connectivity index (χ0v) is 9.24. The van der Waals surface area contributed by atoms with Gasteiger partial charge in [-0.3, -0.25) is 4.79 Å². The molecule has 0 bridgehead atoms. The summed E-state index contributed by atoms with van der Waals surface area (Å²) in [5.41, 5.74) is 2.29. The van der Waals surface area contributed by atoms with Gasteiger partial charge >= 0.3 is 0 Å². The minimum Gasteiger partial charge on any atom is -0.387 e. The zero-order valence-electron chi connectivity index (χ0n) is 9.24. The van der Waals surface area contributed by atoms with E-state index >= 15 is 0 Å². The second kappa shape index (κ2) is 3.09. The van der Waals surface area contributed by atoms with E-state index < -0.39 is 0 Å². The summed E-state index contributed by atoms with van der Waals surface area (Å²) >= 11 is 0. The highest BCUT2D eigenvalue weighted by molar-refractivity contribution is 6.19. The van der Waals surface area contributed by atoms with E-state index in [0.29, 0.717) is 12.2 Å². The highest BCUT2D eigenvalue weighted by atomic mass is 16.2. The van der Waals surface area contributed by atoms with Gasteiger partial charge < -0.3 is 4.81 Å². The Morgan fingerprint density at radius 2 is 2.07 bits per heavy atom. The Kier molecular flexibility index (Phi) is 2.10. The molecule has 2 heterocycles. The van der Waals surface area contributed by atoms with Gasteiger partial charge in [-0.15, -0.1) is 0 Å². The topological polar surface area (TPSA) is 33.2 Å². The summed E-state index contributed by atoms with van der Waals surface area (Å²) in [7, 11) is 5.53. The Bertz CT molecular complexity index is 423. The van der Waals surface area contributed by atoms with Crippen LogP contribution in [0.4, 0.5) is 0 Å². The predicted octanol–water partition coefficient (Wildman–Crippen LogP) is 1.42. The summed E-state index contributed by atoms with van der Waals surface area (Å²) < 4.78 is 0. The van der Waals surface area contributed by atoms with Crippen molar-refractivity contribution in [2.24, 2.45) is 0 Å². The van der Waals surface area contributed by atoms with Gasteiger partial charge in [-0.1, -0.05) is 26.8 Å². The number of hydrogen-bond donors (Lipinski definition) is 0. The lowest BCUT2D eigenvalue weighted by molar-refractivity contribution is 0.0876. The fourth-order valence-electron chi connectivity index (χ4n) is 1.61. The SMILES string of the molecule is [B]N1Cc2ccc(C(C)(C)C)nc2C1=O. The van der Waals surface area contributed by atoms with Crippen LogP contribution < -0.4 is 0 Å². The monoisotopic (exact) mass is 200 g/mol. The Morgan fingerprint density at radius 1 is 1.40 bits per heavy atom. The summed E-state index contributed by atoms with van der Waals surface area (Å²) in [5.74, 6) is -0.184. The lowest BCUT2D eigenvalue weighted by Gasteiger charge is -2.17. The minimum absolute atomic E-state index is 0.0443. The van der Waals surface area contributed by atoms with E-state index in [-0.39, 0.29) is 11.3 Å². The second-order valence-corrected chi connectivity index (χ2v) is 4.89. The van der Waals surface area contributed by atoms with Gasteiger partial charge in [0.25, 0.3) is 5.91 Å². The Morgan fingerprint density at radius 3 is 2.67 bits per heavy atom. The first-order valence-corrected chi connectivity index (χ1v) is 4.96. The first-order valence-electron chi connectivity index (χ1n) is 4.96. The number of rotatable bonds is 0.